The first-order valence-corrected chi connectivity index (χ1v) is 8.25. The standard InChI is InChI=1S/C16H20Cl2N2O2/c1-11(21)20(15-8-12(17)7-13(18)9-15)10-16(22)19-14-5-3-2-4-6-14/h7-9,14H,2-6,10H2,1H3,(H,19,22). The minimum absolute atomic E-state index is 0.0253. The van der Waals surface area contributed by atoms with Crippen molar-refractivity contribution in [1.82, 2.24) is 5.32 Å². The summed E-state index contributed by atoms with van der Waals surface area (Å²) in [5, 5.41) is 3.87. The van der Waals surface area contributed by atoms with Crippen LogP contribution in [-0.2, 0) is 9.59 Å². The van der Waals surface area contributed by atoms with Crippen LogP contribution in [0.4, 0.5) is 5.69 Å². The summed E-state index contributed by atoms with van der Waals surface area (Å²) < 4.78 is 0. The average molecular weight is 343 g/mol. The van der Waals surface area contributed by atoms with Gasteiger partial charge in [-0.3, -0.25) is 9.59 Å². The molecule has 0 bridgehead atoms. The van der Waals surface area contributed by atoms with Crippen molar-refractivity contribution in [2.45, 2.75) is 45.1 Å². The second kappa shape index (κ2) is 7.84. The molecule has 1 aromatic rings. The van der Waals surface area contributed by atoms with Gasteiger partial charge in [-0.15, -0.1) is 0 Å². The summed E-state index contributed by atoms with van der Waals surface area (Å²) in [4.78, 5) is 25.4. The first-order valence-electron chi connectivity index (χ1n) is 7.49. The Bertz CT molecular complexity index is 537. The van der Waals surface area contributed by atoms with Gasteiger partial charge in [0.15, 0.2) is 0 Å². The molecule has 0 heterocycles. The van der Waals surface area contributed by atoms with Gasteiger partial charge < -0.3 is 10.2 Å². The highest BCUT2D eigenvalue weighted by Crippen LogP contribution is 2.25. The molecular formula is C16H20Cl2N2O2. The van der Waals surface area contributed by atoms with Gasteiger partial charge in [0.05, 0.1) is 0 Å². The maximum absolute atomic E-state index is 12.2. The van der Waals surface area contributed by atoms with Crippen molar-refractivity contribution in [2.75, 3.05) is 11.4 Å². The van der Waals surface area contributed by atoms with Crippen molar-refractivity contribution in [3.05, 3.63) is 28.2 Å². The van der Waals surface area contributed by atoms with Gasteiger partial charge in [-0.25, -0.2) is 0 Å². The van der Waals surface area contributed by atoms with Crippen LogP contribution in [0.3, 0.4) is 0 Å². The second-order valence-electron chi connectivity index (χ2n) is 5.64. The van der Waals surface area contributed by atoms with Crippen molar-refractivity contribution >= 4 is 40.7 Å². The Labute approximate surface area is 140 Å². The Morgan fingerprint density at radius 1 is 1.14 bits per heavy atom. The van der Waals surface area contributed by atoms with E-state index in [4.69, 9.17) is 23.2 Å². The molecule has 0 atom stereocenters. The van der Waals surface area contributed by atoms with E-state index in [1.54, 1.807) is 18.2 Å². The number of anilines is 1. The number of nitrogens with zero attached hydrogens (tertiary/aromatic N) is 1. The van der Waals surface area contributed by atoms with Crippen molar-refractivity contribution in [1.29, 1.82) is 0 Å². The molecule has 0 aromatic heterocycles. The molecule has 4 nitrogen and oxygen atoms in total. The van der Waals surface area contributed by atoms with Crippen LogP contribution in [0.25, 0.3) is 0 Å². The van der Waals surface area contributed by atoms with Crippen LogP contribution in [0, 0.1) is 0 Å². The third-order valence-corrected chi connectivity index (χ3v) is 4.25. The summed E-state index contributed by atoms with van der Waals surface area (Å²) in [6.45, 7) is 1.39. The molecule has 6 heteroatoms. The number of carbonyl (C=O) groups is 2. The van der Waals surface area contributed by atoms with Gasteiger partial charge in [0.1, 0.15) is 6.54 Å². The number of halogens is 2. The van der Waals surface area contributed by atoms with E-state index in [9.17, 15) is 9.59 Å². The molecule has 120 valence electrons. The number of carbonyl (C=O) groups excluding carboxylic acids is 2. The summed E-state index contributed by atoms with van der Waals surface area (Å²) in [6, 6.07) is 5.07. The second-order valence-corrected chi connectivity index (χ2v) is 6.51. The van der Waals surface area contributed by atoms with Crippen LogP contribution in [0.15, 0.2) is 18.2 Å². The maximum Gasteiger partial charge on any atom is 0.240 e. The molecule has 1 saturated carbocycles. The molecular weight excluding hydrogens is 323 g/mol. The molecule has 2 rings (SSSR count). The van der Waals surface area contributed by atoms with Crippen LogP contribution in [0.1, 0.15) is 39.0 Å². The Kier molecular flexibility index (Phi) is 6.09. The number of hydrogen-bond donors (Lipinski definition) is 1. The van der Waals surface area contributed by atoms with E-state index in [0.29, 0.717) is 15.7 Å². The van der Waals surface area contributed by atoms with Crippen LogP contribution < -0.4 is 10.2 Å². The maximum atomic E-state index is 12.2. The molecule has 1 aliphatic rings. The van der Waals surface area contributed by atoms with Crippen LogP contribution in [0.2, 0.25) is 10.0 Å². The summed E-state index contributed by atoms with van der Waals surface area (Å²) >= 11 is 11.9. The van der Waals surface area contributed by atoms with Crippen LogP contribution >= 0.6 is 23.2 Å². The SMILES string of the molecule is CC(=O)N(CC(=O)NC1CCCCC1)c1cc(Cl)cc(Cl)c1. The smallest absolute Gasteiger partial charge is 0.240 e. The van der Waals surface area contributed by atoms with Crippen molar-refractivity contribution in [3.63, 3.8) is 0 Å². The van der Waals surface area contributed by atoms with E-state index in [0.717, 1.165) is 25.7 Å². The lowest BCUT2D eigenvalue weighted by Crippen LogP contribution is -2.44. The molecule has 0 aliphatic heterocycles. The molecule has 1 aromatic carbocycles. The number of hydrogen-bond acceptors (Lipinski definition) is 2. The molecule has 0 unspecified atom stereocenters. The molecule has 2 amide bonds. The van der Waals surface area contributed by atoms with E-state index in [-0.39, 0.29) is 24.4 Å². The monoisotopic (exact) mass is 342 g/mol. The zero-order valence-electron chi connectivity index (χ0n) is 12.6. The number of nitrogens with one attached hydrogen (secondary N) is 1. The van der Waals surface area contributed by atoms with Gasteiger partial charge >= 0.3 is 0 Å². The van der Waals surface area contributed by atoms with Crippen molar-refractivity contribution in [3.8, 4) is 0 Å². The highest BCUT2D eigenvalue weighted by molar-refractivity contribution is 6.35. The quantitative estimate of drug-likeness (QED) is 0.904. The largest absolute Gasteiger partial charge is 0.352 e. The van der Waals surface area contributed by atoms with E-state index in [1.807, 2.05) is 0 Å². The molecule has 0 spiro atoms. The Balaban J connectivity index is 2.04. The molecule has 1 N–H and O–H groups in total. The fourth-order valence-corrected chi connectivity index (χ4v) is 3.26. The summed E-state index contributed by atoms with van der Waals surface area (Å²) in [5.74, 6) is -0.379. The van der Waals surface area contributed by atoms with Gasteiger partial charge in [-0.1, -0.05) is 42.5 Å². The minimum atomic E-state index is -0.225. The minimum Gasteiger partial charge on any atom is -0.352 e. The predicted octanol–water partition coefficient (Wildman–Crippen LogP) is 3.80. The fourth-order valence-electron chi connectivity index (χ4n) is 2.74. The first kappa shape index (κ1) is 17.1. The lowest BCUT2D eigenvalue weighted by molar-refractivity contribution is -0.123. The summed E-state index contributed by atoms with van der Waals surface area (Å²) in [5.41, 5.74) is 0.531. The zero-order valence-corrected chi connectivity index (χ0v) is 14.1. The van der Waals surface area contributed by atoms with Gasteiger partial charge in [-0.05, 0) is 31.0 Å². The molecule has 0 saturated heterocycles. The summed E-state index contributed by atoms with van der Waals surface area (Å²) in [6.07, 6.45) is 5.53. The average Bonchev–Trinajstić information content (AvgIpc) is 2.44. The highest BCUT2D eigenvalue weighted by Gasteiger charge is 2.20. The van der Waals surface area contributed by atoms with E-state index >= 15 is 0 Å². The molecule has 22 heavy (non-hydrogen) atoms. The Hall–Kier alpha value is -1.26. The Morgan fingerprint density at radius 2 is 1.73 bits per heavy atom. The first-order chi connectivity index (χ1) is 10.5. The Morgan fingerprint density at radius 3 is 2.27 bits per heavy atom. The topological polar surface area (TPSA) is 49.4 Å². The van der Waals surface area contributed by atoms with Gasteiger partial charge in [0.2, 0.25) is 11.8 Å². The predicted molar refractivity (Wildman–Crippen MR) is 89.5 cm³/mol. The fraction of sp³-hybridized carbons (Fsp3) is 0.500. The lowest BCUT2D eigenvalue weighted by atomic mass is 9.95. The van der Waals surface area contributed by atoms with Crippen molar-refractivity contribution < 1.29 is 9.59 Å². The third kappa shape index (κ3) is 4.89. The van der Waals surface area contributed by atoms with E-state index in [1.165, 1.54) is 18.2 Å². The molecule has 0 radical (unpaired) electrons. The van der Waals surface area contributed by atoms with Crippen LogP contribution in [-0.4, -0.2) is 24.4 Å². The van der Waals surface area contributed by atoms with Gasteiger partial charge in [0.25, 0.3) is 0 Å². The van der Waals surface area contributed by atoms with Crippen molar-refractivity contribution in [2.24, 2.45) is 0 Å². The number of amides is 2. The van der Waals surface area contributed by atoms with E-state index < -0.39 is 0 Å². The summed E-state index contributed by atoms with van der Waals surface area (Å²) in [7, 11) is 0. The van der Waals surface area contributed by atoms with Gasteiger partial charge in [-0.2, -0.15) is 0 Å². The number of benzene rings is 1. The molecule has 1 fully saturated rings. The van der Waals surface area contributed by atoms with Gasteiger partial charge in [0, 0.05) is 28.7 Å². The normalized spacial score (nSPS) is 15.4. The van der Waals surface area contributed by atoms with Crippen LogP contribution in [0.5, 0.6) is 0 Å². The van der Waals surface area contributed by atoms with E-state index in [2.05, 4.69) is 5.32 Å². The zero-order chi connectivity index (χ0) is 16.1. The lowest BCUT2D eigenvalue weighted by Gasteiger charge is -2.25. The highest BCUT2D eigenvalue weighted by atomic mass is 35.5. The third-order valence-electron chi connectivity index (χ3n) is 3.81. The molecule has 1 aliphatic carbocycles. The number of rotatable bonds is 4.